The summed E-state index contributed by atoms with van der Waals surface area (Å²) in [6.07, 6.45) is 6.12. The molecule has 1 aromatic carbocycles. The summed E-state index contributed by atoms with van der Waals surface area (Å²) in [6, 6.07) is 14.6. The molecule has 154 valence electrons. The summed E-state index contributed by atoms with van der Waals surface area (Å²) in [7, 11) is 1.77. The van der Waals surface area contributed by atoms with Gasteiger partial charge in [-0.1, -0.05) is 30.3 Å². The van der Waals surface area contributed by atoms with Crippen molar-refractivity contribution in [2.75, 3.05) is 26.8 Å². The molecule has 5 nitrogen and oxygen atoms in total. The highest BCUT2D eigenvalue weighted by molar-refractivity contribution is 14.0. The van der Waals surface area contributed by atoms with Crippen LogP contribution < -0.4 is 10.6 Å². The third kappa shape index (κ3) is 7.13. The number of aliphatic imine (C=N–C) groups is 1. The summed E-state index contributed by atoms with van der Waals surface area (Å²) >= 11 is 0. The van der Waals surface area contributed by atoms with E-state index in [1.54, 1.807) is 13.4 Å². The number of guanidine groups is 1. The molecule has 1 aliphatic carbocycles. The largest absolute Gasteiger partial charge is 0.469 e. The molecule has 0 radical (unpaired) electrons. The minimum Gasteiger partial charge on any atom is -0.469 e. The molecule has 1 heterocycles. The van der Waals surface area contributed by atoms with Gasteiger partial charge in [-0.15, -0.1) is 24.0 Å². The second kappa shape index (κ2) is 11.5. The van der Waals surface area contributed by atoms with Crippen LogP contribution in [-0.4, -0.2) is 32.8 Å². The highest BCUT2D eigenvalue weighted by Crippen LogP contribution is 2.48. The monoisotopic (exact) mass is 497 g/mol. The first-order valence-corrected chi connectivity index (χ1v) is 9.82. The second-order valence-corrected chi connectivity index (χ2v) is 7.44. The lowest BCUT2D eigenvalue weighted by molar-refractivity contribution is 0.174. The Hall–Kier alpha value is -1.54. The first-order valence-electron chi connectivity index (χ1n) is 9.82. The Morgan fingerprint density at radius 1 is 1.21 bits per heavy atom. The lowest BCUT2D eigenvalue weighted by atomic mass is 10.0. The summed E-state index contributed by atoms with van der Waals surface area (Å²) < 4.78 is 10.7. The van der Waals surface area contributed by atoms with Crippen LogP contribution in [0.2, 0.25) is 0 Å². The molecule has 2 aromatic rings. The Labute approximate surface area is 185 Å². The summed E-state index contributed by atoms with van der Waals surface area (Å²) in [5.74, 6) is 1.85. The van der Waals surface area contributed by atoms with Crippen LogP contribution in [0.1, 0.15) is 43.6 Å². The van der Waals surface area contributed by atoms with Crippen LogP contribution in [-0.2, 0) is 11.2 Å². The van der Waals surface area contributed by atoms with Gasteiger partial charge in [0.25, 0.3) is 0 Å². The number of furan rings is 1. The Morgan fingerprint density at radius 2 is 2.00 bits per heavy atom. The summed E-state index contributed by atoms with van der Waals surface area (Å²) in [5, 5.41) is 7.01. The second-order valence-electron chi connectivity index (χ2n) is 7.44. The third-order valence-electron chi connectivity index (χ3n) is 5.26. The van der Waals surface area contributed by atoms with Crippen molar-refractivity contribution in [1.82, 2.24) is 10.6 Å². The maximum atomic E-state index is 5.42. The quantitative estimate of drug-likeness (QED) is 0.287. The van der Waals surface area contributed by atoms with E-state index in [2.05, 4.69) is 41.8 Å². The Kier molecular flexibility index (Phi) is 9.31. The fourth-order valence-corrected chi connectivity index (χ4v) is 3.17. The van der Waals surface area contributed by atoms with Gasteiger partial charge in [-0.3, -0.25) is 4.99 Å². The van der Waals surface area contributed by atoms with Gasteiger partial charge in [-0.25, -0.2) is 0 Å². The number of hydrogen-bond acceptors (Lipinski definition) is 3. The highest BCUT2D eigenvalue weighted by Gasteiger charge is 2.41. The molecule has 28 heavy (non-hydrogen) atoms. The van der Waals surface area contributed by atoms with E-state index in [9.17, 15) is 0 Å². The molecule has 1 unspecified atom stereocenters. The zero-order valence-corrected chi connectivity index (χ0v) is 19.1. The molecule has 1 atom stereocenters. The molecule has 0 saturated heterocycles. The van der Waals surface area contributed by atoms with Gasteiger partial charge < -0.3 is 19.8 Å². The van der Waals surface area contributed by atoms with Crippen molar-refractivity contribution >= 4 is 29.9 Å². The standard InChI is InChI=1S/C22H31N3O2.HI/c1-18(19-7-4-3-5-8-19)25-21(23-14-10-20-9-6-15-27-20)24-17-22(11-12-22)13-16-26-2;/h3-9,15,18H,10-14,16-17H2,1-2H3,(H2,23,24,25);1H. The van der Waals surface area contributed by atoms with E-state index in [1.165, 1.54) is 18.4 Å². The van der Waals surface area contributed by atoms with Gasteiger partial charge in [0.05, 0.1) is 12.3 Å². The zero-order chi connectivity index (χ0) is 19.0. The van der Waals surface area contributed by atoms with Gasteiger partial charge in [0, 0.05) is 33.2 Å². The molecule has 6 heteroatoms. The van der Waals surface area contributed by atoms with Crippen LogP contribution in [0.15, 0.2) is 58.1 Å². The first-order chi connectivity index (χ1) is 13.2. The van der Waals surface area contributed by atoms with Crippen LogP contribution in [0.3, 0.4) is 0 Å². The molecule has 1 aliphatic rings. The number of benzene rings is 1. The smallest absolute Gasteiger partial charge is 0.191 e. The van der Waals surface area contributed by atoms with Crippen molar-refractivity contribution in [1.29, 1.82) is 0 Å². The molecule has 0 amide bonds. The summed E-state index contributed by atoms with van der Waals surface area (Å²) in [6.45, 7) is 4.60. The van der Waals surface area contributed by atoms with Crippen molar-refractivity contribution in [2.24, 2.45) is 10.4 Å². The predicted molar refractivity (Wildman–Crippen MR) is 124 cm³/mol. The van der Waals surface area contributed by atoms with E-state index < -0.39 is 0 Å². The first kappa shape index (κ1) is 22.7. The van der Waals surface area contributed by atoms with E-state index in [0.717, 1.165) is 44.3 Å². The molecule has 2 N–H and O–H groups in total. The molecular formula is C22H32IN3O2. The molecule has 1 fully saturated rings. The summed E-state index contributed by atoms with van der Waals surface area (Å²) in [5.41, 5.74) is 1.58. The molecule has 0 spiro atoms. The van der Waals surface area contributed by atoms with Crippen molar-refractivity contribution in [2.45, 2.75) is 38.6 Å². The van der Waals surface area contributed by atoms with Gasteiger partial charge in [-0.2, -0.15) is 0 Å². The van der Waals surface area contributed by atoms with Gasteiger partial charge in [0.1, 0.15) is 5.76 Å². The maximum Gasteiger partial charge on any atom is 0.191 e. The SMILES string of the molecule is COCCC1(CN=C(NCCc2ccco2)NC(C)c2ccccc2)CC1.I. The van der Waals surface area contributed by atoms with Crippen LogP contribution in [0.4, 0.5) is 0 Å². The topological polar surface area (TPSA) is 58.8 Å². The Bertz CT molecular complexity index is 700. The fraction of sp³-hybridized carbons (Fsp3) is 0.500. The van der Waals surface area contributed by atoms with Crippen LogP contribution in [0, 0.1) is 5.41 Å². The molecule has 1 aromatic heterocycles. The predicted octanol–water partition coefficient (Wildman–Crippen LogP) is 4.55. The van der Waals surface area contributed by atoms with Crippen LogP contribution in [0.25, 0.3) is 0 Å². The number of nitrogens with one attached hydrogen (secondary N) is 2. The van der Waals surface area contributed by atoms with E-state index in [0.29, 0.717) is 5.41 Å². The van der Waals surface area contributed by atoms with Gasteiger partial charge in [0.2, 0.25) is 0 Å². The minimum absolute atomic E-state index is 0. The van der Waals surface area contributed by atoms with Crippen molar-refractivity contribution in [3.63, 3.8) is 0 Å². The molecule has 0 bridgehead atoms. The van der Waals surface area contributed by atoms with Crippen molar-refractivity contribution < 1.29 is 9.15 Å². The van der Waals surface area contributed by atoms with E-state index in [-0.39, 0.29) is 30.0 Å². The number of methoxy groups -OCH3 is 1. The Balaban J connectivity index is 0.00000280. The van der Waals surface area contributed by atoms with Gasteiger partial charge >= 0.3 is 0 Å². The van der Waals surface area contributed by atoms with Gasteiger partial charge in [-0.05, 0) is 49.3 Å². The van der Waals surface area contributed by atoms with Gasteiger partial charge in [0.15, 0.2) is 5.96 Å². The fourth-order valence-electron chi connectivity index (χ4n) is 3.17. The highest BCUT2D eigenvalue weighted by atomic mass is 127. The number of nitrogens with zero attached hydrogens (tertiary/aromatic N) is 1. The van der Waals surface area contributed by atoms with Crippen molar-refractivity contribution in [3.05, 3.63) is 60.1 Å². The lowest BCUT2D eigenvalue weighted by Crippen LogP contribution is -2.40. The zero-order valence-electron chi connectivity index (χ0n) is 16.8. The number of rotatable bonds is 10. The number of hydrogen-bond donors (Lipinski definition) is 2. The van der Waals surface area contributed by atoms with E-state index >= 15 is 0 Å². The number of ether oxygens (including phenoxy) is 1. The molecule has 0 aliphatic heterocycles. The maximum absolute atomic E-state index is 5.42. The lowest BCUT2D eigenvalue weighted by Gasteiger charge is -2.20. The molecular weight excluding hydrogens is 465 g/mol. The third-order valence-corrected chi connectivity index (χ3v) is 5.26. The van der Waals surface area contributed by atoms with Crippen LogP contribution in [0.5, 0.6) is 0 Å². The molecule has 1 saturated carbocycles. The minimum atomic E-state index is 0. The van der Waals surface area contributed by atoms with Crippen LogP contribution >= 0.6 is 24.0 Å². The summed E-state index contributed by atoms with van der Waals surface area (Å²) in [4.78, 5) is 4.90. The normalized spacial score (nSPS) is 16.1. The molecule has 3 rings (SSSR count). The van der Waals surface area contributed by atoms with E-state index in [4.69, 9.17) is 14.1 Å². The van der Waals surface area contributed by atoms with Crippen molar-refractivity contribution in [3.8, 4) is 0 Å². The number of halogens is 1. The average molecular weight is 497 g/mol. The van der Waals surface area contributed by atoms with E-state index in [1.807, 2.05) is 18.2 Å². The Morgan fingerprint density at radius 3 is 2.64 bits per heavy atom. The average Bonchev–Trinajstić information content (AvgIpc) is 3.28.